The summed E-state index contributed by atoms with van der Waals surface area (Å²) in [7, 11) is 0. The van der Waals surface area contributed by atoms with E-state index in [1.807, 2.05) is 11.6 Å². The number of ketones is 1. The number of hydrogen-bond acceptors (Lipinski definition) is 3. The lowest BCUT2D eigenvalue weighted by molar-refractivity contribution is -0.127. The van der Waals surface area contributed by atoms with Gasteiger partial charge in [-0.2, -0.15) is 5.10 Å². The first kappa shape index (κ1) is 14.7. The molecule has 1 N–H and O–H groups in total. The molecule has 0 aromatic carbocycles. The number of nitrogens with zero attached hydrogens (tertiary/aromatic N) is 2. The number of nitrogens with one attached hydrogen (secondary N) is 1. The van der Waals surface area contributed by atoms with Crippen LogP contribution in [-0.4, -0.2) is 28.7 Å². The first-order valence-corrected chi connectivity index (χ1v) is 7.79. The highest BCUT2D eigenvalue weighted by molar-refractivity contribution is 9.10. The maximum Gasteiger partial charge on any atom is 0.146 e. The SMILES string of the molecule is CCn1nc(C)c(Br)c1CC(=O)C1(CC)CCNC1. The van der Waals surface area contributed by atoms with E-state index in [9.17, 15) is 4.79 Å². The second-order valence-corrected chi connectivity index (χ2v) is 6.12. The molecule has 0 amide bonds. The summed E-state index contributed by atoms with van der Waals surface area (Å²) >= 11 is 3.57. The summed E-state index contributed by atoms with van der Waals surface area (Å²) < 4.78 is 2.92. The Morgan fingerprint density at radius 1 is 1.53 bits per heavy atom. The van der Waals surface area contributed by atoms with Crippen LogP contribution in [0.2, 0.25) is 0 Å². The zero-order valence-corrected chi connectivity index (χ0v) is 13.5. The predicted octanol–water partition coefficient (Wildman–Crippen LogP) is 2.48. The van der Waals surface area contributed by atoms with Gasteiger partial charge in [0.15, 0.2) is 0 Å². The van der Waals surface area contributed by atoms with Gasteiger partial charge in [0.1, 0.15) is 5.78 Å². The molecule has 1 aromatic rings. The van der Waals surface area contributed by atoms with Crippen LogP contribution in [0, 0.1) is 12.3 Å². The highest BCUT2D eigenvalue weighted by Gasteiger charge is 2.39. The Kier molecular flexibility index (Phi) is 4.46. The molecule has 1 unspecified atom stereocenters. The molecule has 1 saturated heterocycles. The Bertz CT molecular complexity index is 475. The number of Topliss-reactive ketones (excluding diaryl/α,β-unsaturated/α-hetero) is 1. The molecule has 0 saturated carbocycles. The Balaban J connectivity index is 2.23. The normalized spacial score (nSPS) is 22.9. The van der Waals surface area contributed by atoms with Crippen molar-refractivity contribution in [3.05, 3.63) is 15.9 Å². The Morgan fingerprint density at radius 3 is 2.79 bits per heavy atom. The second-order valence-electron chi connectivity index (χ2n) is 5.32. The van der Waals surface area contributed by atoms with E-state index in [-0.39, 0.29) is 5.41 Å². The van der Waals surface area contributed by atoms with Crippen LogP contribution in [0.4, 0.5) is 0 Å². The van der Waals surface area contributed by atoms with E-state index in [4.69, 9.17) is 0 Å². The molecule has 1 aliphatic heterocycles. The van der Waals surface area contributed by atoms with Crippen molar-refractivity contribution in [1.29, 1.82) is 0 Å². The molecule has 1 aromatic heterocycles. The summed E-state index contributed by atoms with van der Waals surface area (Å²) in [5, 5.41) is 7.78. The van der Waals surface area contributed by atoms with Crippen LogP contribution in [0.3, 0.4) is 0 Å². The predicted molar refractivity (Wildman–Crippen MR) is 79.3 cm³/mol. The van der Waals surface area contributed by atoms with E-state index in [0.29, 0.717) is 12.2 Å². The summed E-state index contributed by atoms with van der Waals surface area (Å²) in [6.45, 7) is 8.71. The first-order chi connectivity index (χ1) is 9.04. The van der Waals surface area contributed by atoms with E-state index < -0.39 is 0 Å². The Labute approximate surface area is 123 Å². The Morgan fingerprint density at radius 2 is 2.26 bits per heavy atom. The standard InChI is InChI=1S/C14H22BrN3O/c1-4-14(6-7-16-9-14)12(19)8-11-13(15)10(3)17-18(11)5-2/h16H,4-9H2,1-3H3. The van der Waals surface area contributed by atoms with Crippen LogP contribution in [0.1, 0.15) is 38.1 Å². The lowest BCUT2D eigenvalue weighted by atomic mass is 9.78. The fraction of sp³-hybridized carbons (Fsp3) is 0.714. The summed E-state index contributed by atoms with van der Waals surface area (Å²) in [5.74, 6) is 0.343. The fourth-order valence-electron chi connectivity index (χ4n) is 2.86. The highest BCUT2D eigenvalue weighted by atomic mass is 79.9. The highest BCUT2D eigenvalue weighted by Crippen LogP contribution is 2.33. The van der Waals surface area contributed by atoms with Crippen molar-refractivity contribution in [2.75, 3.05) is 13.1 Å². The number of rotatable bonds is 5. The Hall–Kier alpha value is -0.680. The van der Waals surface area contributed by atoms with Crippen molar-refractivity contribution in [3.63, 3.8) is 0 Å². The van der Waals surface area contributed by atoms with Gasteiger partial charge in [-0.1, -0.05) is 6.92 Å². The smallest absolute Gasteiger partial charge is 0.146 e. The number of hydrogen-bond donors (Lipinski definition) is 1. The van der Waals surface area contributed by atoms with Crippen molar-refractivity contribution >= 4 is 21.7 Å². The van der Waals surface area contributed by atoms with Crippen molar-refractivity contribution in [3.8, 4) is 0 Å². The molecule has 0 radical (unpaired) electrons. The molecular weight excluding hydrogens is 306 g/mol. The summed E-state index contributed by atoms with van der Waals surface area (Å²) in [4.78, 5) is 12.7. The summed E-state index contributed by atoms with van der Waals surface area (Å²) in [5.41, 5.74) is 1.81. The van der Waals surface area contributed by atoms with Crippen LogP contribution >= 0.6 is 15.9 Å². The van der Waals surface area contributed by atoms with E-state index in [0.717, 1.165) is 48.3 Å². The molecule has 2 heterocycles. The largest absolute Gasteiger partial charge is 0.316 e. The maximum atomic E-state index is 12.7. The molecule has 106 valence electrons. The molecular formula is C14H22BrN3O. The second kappa shape index (κ2) is 5.75. The minimum Gasteiger partial charge on any atom is -0.316 e. The van der Waals surface area contributed by atoms with E-state index in [1.54, 1.807) is 0 Å². The van der Waals surface area contributed by atoms with Crippen LogP contribution in [0.15, 0.2) is 4.47 Å². The number of aryl methyl sites for hydroxylation is 2. The van der Waals surface area contributed by atoms with Gasteiger partial charge in [0.2, 0.25) is 0 Å². The van der Waals surface area contributed by atoms with Gasteiger partial charge >= 0.3 is 0 Å². The molecule has 2 rings (SSSR count). The van der Waals surface area contributed by atoms with Gasteiger partial charge < -0.3 is 5.32 Å². The number of halogens is 1. The van der Waals surface area contributed by atoms with E-state index >= 15 is 0 Å². The molecule has 1 fully saturated rings. The molecule has 19 heavy (non-hydrogen) atoms. The molecule has 5 heteroatoms. The molecule has 1 aliphatic rings. The molecule has 1 atom stereocenters. The van der Waals surface area contributed by atoms with Gasteiger partial charge in [0.05, 0.1) is 22.3 Å². The number of carbonyl (C=O) groups is 1. The maximum absolute atomic E-state index is 12.7. The zero-order chi connectivity index (χ0) is 14.0. The van der Waals surface area contributed by atoms with E-state index in [1.165, 1.54) is 0 Å². The van der Waals surface area contributed by atoms with Crippen molar-refractivity contribution in [1.82, 2.24) is 15.1 Å². The van der Waals surface area contributed by atoms with Gasteiger partial charge in [0.25, 0.3) is 0 Å². The van der Waals surface area contributed by atoms with Gasteiger partial charge in [-0.15, -0.1) is 0 Å². The lowest BCUT2D eigenvalue weighted by Gasteiger charge is -2.25. The third-order valence-electron chi connectivity index (χ3n) is 4.29. The minimum atomic E-state index is -0.170. The average Bonchev–Trinajstić information content (AvgIpc) is 2.99. The summed E-state index contributed by atoms with van der Waals surface area (Å²) in [6.07, 6.45) is 2.35. The van der Waals surface area contributed by atoms with Crippen LogP contribution in [0.5, 0.6) is 0 Å². The van der Waals surface area contributed by atoms with Gasteiger partial charge in [-0.3, -0.25) is 9.48 Å². The van der Waals surface area contributed by atoms with Gasteiger partial charge in [-0.25, -0.2) is 0 Å². The molecule has 0 bridgehead atoms. The monoisotopic (exact) mass is 327 g/mol. The topological polar surface area (TPSA) is 46.9 Å². The number of carbonyl (C=O) groups excluding carboxylic acids is 1. The van der Waals surface area contributed by atoms with Crippen molar-refractivity contribution < 1.29 is 4.79 Å². The van der Waals surface area contributed by atoms with Crippen LogP contribution < -0.4 is 5.32 Å². The lowest BCUT2D eigenvalue weighted by Crippen LogP contribution is -2.34. The van der Waals surface area contributed by atoms with Crippen LogP contribution in [-0.2, 0) is 17.8 Å². The van der Waals surface area contributed by atoms with Gasteiger partial charge in [-0.05, 0) is 49.2 Å². The zero-order valence-electron chi connectivity index (χ0n) is 11.9. The fourth-order valence-corrected chi connectivity index (χ4v) is 3.28. The molecule has 4 nitrogen and oxygen atoms in total. The van der Waals surface area contributed by atoms with E-state index in [2.05, 4.69) is 40.2 Å². The van der Waals surface area contributed by atoms with Crippen molar-refractivity contribution in [2.45, 2.75) is 46.6 Å². The average molecular weight is 328 g/mol. The minimum absolute atomic E-state index is 0.170. The molecule has 0 aliphatic carbocycles. The third-order valence-corrected chi connectivity index (χ3v) is 5.32. The molecule has 0 spiro atoms. The first-order valence-electron chi connectivity index (χ1n) is 7.00. The third kappa shape index (κ3) is 2.63. The van der Waals surface area contributed by atoms with Crippen LogP contribution in [0.25, 0.3) is 0 Å². The van der Waals surface area contributed by atoms with Crippen molar-refractivity contribution in [2.24, 2.45) is 5.41 Å². The van der Waals surface area contributed by atoms with Gasteiger partial charge in [0, 0.05) is 18.5 Å². The summed E-state index contributed by atoms with van der Waals surface area (Å²) in [6, 6.07) is 0. The quantitative estimate of drug-likeness (QED) is 0.903. The number of aromatic nitrogens is 2.